The van der Waals surface area contributed by atoms with Crippen LogP contribution in [0.1, 0.15) is 22.8 Å². The second-order valence-corrected chi connectivity index (χ2v) is 8.86. The van der Waals surface area contributed by atoms with Gasteiger partial charge in [-0.3, -0.25) is 14.9 Å². The van der Waals surface area contributed by atoms with Crippen LogP contribution in [0, 0.1) is 0 Å². The molecule has 4 amide bonds. The molecule has 10 nitrogen and oxygen atoms in total. The Morgan fingerprint density at radius 2 is 1.90 bits per heavy atom. The van der Waals surface area contributed by atoms with E-state index in [0.717, 1.165) is 11.3 Å². The number of nitrogens with zero attached hydrogens (tertiary/aromatic N) is 1. The number of hydrogen-bond acceptors (Lipinski definition) is 6. The first kappa shape index (κ1) is 22.2. The standard InChI is InChI=1S/C20H23N5O5S/c1-3-31(29,30)24-18(26)13-8-6-9-15(11-13)22-20(28)23-17-19(27)25(2)16-10-5-4-7-14(16)12-21-17/h4-11,17,21H,3,12H2,1-2H3,(H,24,26)(H2,22,23,28). The first-order valence-electron chi connectivity index (χ1n) is 9.51. The van der Waals surface area contributed by atoms with E-state index < -0.39 is 28.1 Å². The number of amides is 4. The first-order chi connectivity index (χ1) is 14.7. The van der Waals surface area contributed by atoms with E-state index in [0.29, 0.717) is 6.54 Å². The van der Waals surface area contributed by atoms with Gasteiger partial charge in [-0.05, 0) is 36.8 Å². The SMILES string of the molecule is CCS(=O)(=O)NC(=O)c1cccc(NC(=O)NC2NCc3ccccc3N(C)C2=O)c1. The van der Waals surface area contributed by atoms with E-state index in [2.05, 4.69) is 16.0 Å². The van der Waals surface area contributed by atoms with Crippen LogP contribution in [-0.2, 0) is 21.4 Å². The number of para-hydroxylation sites is 1. The number of hydrogen-bond donors (Lipinski definition) is 4. The Balaban J connectivity index is 1.66. The van der Waals surface area contributed by atoms with Gasteiger partial charge in [0.05, 0.1) is 5.75 Å². The van der Waals surface area contributed by atoms with Crippen molar-refractivity contribution >= 4 is 39.2 Å². The van der Waals surface area contributed by atoms with E-state index in [9.17, 15) is 22.8 Å². The lowest BCUT2D eigenvalue weighted by atomic mass is 10.1. The molecule has 0 saturated heterocycles. The molecule has 2 aromatic carbocycles. The number of carbonyl (C=O) groups is 3. The van der Waals surface area contributed by atoms with Crippen molar-refractivity contribution in [2.24, 2.45) is 0 Å². The first-order valence-corrected chi connectivity index (χ1v) is 11.2. The van der Waals surface area contributed by atoms with Gasteiger partial charge in [0, 0.05) is 30.5 Å². The minimum Gasteiger partial charge on any atom is -0.314 e. The number of carbonyl (C=O) groups excluding carboxylic acids is 3. The van der Waals surface area contributed by atoms with Crippen LogP contribution in [0.15, 0.2) is 48.5 Å². The number of urea groups is 1. The normalized spacial score (nSPS) is 16.1. The largest absolute Gasteiger partial charge is 0.320 e. The maximum absolute atomic E-state index is 12.7. The molecular formula is C20H23N5O5S. The highest BCUT2D eigenvalue weighted by Crippen LogP contribution is 2.22. The number of rotatable bonds is 5. The van der Waals surface area contributed by atoms with E-state index in [1.54, 1.807) is 7.05 Å². The summed E-state index contributed by atoms with van der Waals surface area (Å²) in [6, 6.07) is 12.6. The number of nitrogens with one attached hydrogen (secondary N) is 4. The molecule has 3 rings (SSSR count). The maximum Gasteiger partial charge on any atom is 0.320 e. The third kappa shape index (κ3) is 5.38. The summed E-state index contributed by atoms with van der Waals surface area (Å²) in [7, 11) is -2.08. The molecule has 1 atom stereocenters. The van der Waals surface area contributed by atoms with Crippen LogP contribution in [0.3, 0.4) is 0 Å². The van der Waals surface area contributed by atoms with Crippen LogP contribution < -0.4 is 25.6 Å². The average molecular weight is 446 g/mol. The van der Waals surface area contributed by atoms with Crippen LogP contribution in [0.2, 0.25) is 0 Å². The van der Waals surface area contributed by atoms with Gasteiger partial charge in [-0.25, -0.2) is 17.9 Å². The van der Waals surface area contributed by atoms with Crippen LogP contribution >= 0.6 is 0 Å². The Morgan fingerprint density at radius 3 is 2.65 bits per heavy atom. The topological polar surface area (TPSA) is 137 Å². The minimum absolute atomic E-state index is 0.0636. The zero-order valence-electron chi connectivity index (χ0n) is 17.0. The predicted molar refractivity (Wildman–Crippen MR) is 116 cm³/mol. The summed E-state index contributed by atoms with van der Waals surface area (Å²) in [5.41, 5.74) is 2.00. The fourth-order valence-electron chi connectivity index (χ4n) is 3.02. The van der Waals surface area contributed by atoms with Crippen LogP contribution in [0.4, 0.5) is 16.2 Å². The highest BCUT2D eigenvalue weighted by atomic mass is 32.2. The van der Waals surface area contributed by atoms with Gasteiger partial charge in [-0.15, -0.1) is 0 Å². The minimum atomic E-state index is -3.71. The van der Waals surface area contributed by atoms with Gasteiger partial charge in [0.1, 0.15) is 0 Å². The number of likely N-dealkylation sites (N-methyl/N-ethyl adjacent to an activating group) is 1. The second-order valence-electron chi connectivity index (χ2n) is 6.85. The molecule has 0 radical (unpaired) electrons. The molecule has 1 unspecified atom stereocenters. The quantitative estimate of drug-likeness (QED) is 0.542. The van der Waals surface area contributed by atoms with Gasteiger partial charge in [-0.1, -0.05) is 24.3 Å². The molecule has 0 fully saturated rings. The molecule has 0 spiro atoms. The second kappa shape index (κ2) is 9.14. The van der Waals surface area contributed by atoms with Crippen LogP contribution in [0.5, 0.6) is 0 Å². The Bertz CT molecular complexity index is 1120. The zero-order chi connectivity index (χ0) is 22.6. The van der Waals surface area contributed by atoms with Crippen LogP contribution in [0.25, 0.3) is 0 Å². The summed E-state index contributed by atoms with van der Waals surface area (Å²) in [4.78, 5) is 38.7. The Morgan fingerprint density at radius 1 is 1.16 bits per heavy atom. The van der Waals surface area contributed by atoms with Crippen molar-refractivity contribution in [2.75, 3.05) is 23.0 Å². The third-order valence-electron chi connectivity index (χ3n) is 4.71. The van der Waals surface area contributed by atoms with Gasteiger partial charge < -0.3 is 15.5 Å². The van der Waals surface area contributed by atoms with E-state index >= 15 is 0 Å². The molecule has 11 heteroatoms. The van der Waals surface area contributed by atoms with E-state index in [1.165, 1.54) is 36.1 Å². The van der Waals surface area contributed by atoms with E-state index in [-0.39, 0.29) is 22.9 Å². The number of anilines is 2. The molecule has 4 N–H and O–H groups in total. The molecule has 0 saturated carbocycles. The number of benzene rings is 2. The van der Waals surface area contributed by atoms with E-state index in [4.69, 9.17) is 0 Å². The maximum atomic E-state index is 12.7. The molecule has 1 heterocycles. The highest BCUT2D eigenvalue weighted by molar-refractivity contribution is 7.90. The highest BCUT2D eigenvalue weighted by Gasteiger charge is 2.28. The summed E-state index contributed by atoms with van der Waals surface area (Å²) >= 11 is 0. The van der Waals surface area contributed by atoms with Gasteiger partial charge in [0.15, 0.2) is 6.17 Å². The van der Waals surface area contributed by atoms with Crippen molar-refractivity contribution in [1.29, 1.82) is 0 Å². The summed E-state index contributed by atoms with van der Waals surface area (Å²) in [6.07, 6.45) is -0.960. The Hall–Kier alpha value is -3.44. The fourth-order valence-corrected chi connectivity index (χ4v) is 3.57. The fraction of sp³-hybridized carbons (Fsp3) is 0.250. The summed E-state index contributed by atoms with van der Waals surface area (Å²) in [5, 5.41) is 8.12. The lowest BCUT2D eigenvalue weighted by Crippen LogP contribution is -2.54. The Kier molecular flexibility index (Phi) is 6.56. The van der Waals surface area contributed by atoms with E-state index in [1.807, 2.05) is 29.0 Å². The molecule has 0 bridgehead atoms. The summed E-state index contributed by atoms with van der Waals surface area (Å²) in [5.74, 6) is -1.37. The number of sulfonamides is 1. The van der Waals surface area contributed by atoms with Gasteiger partial charge in [0.2, 0.25) is 10.0 Å². The van der Waals surface area contributed by atoms with Crippen molar-refractivity contribution < 1.29 is 22.8 Å². The average Bonchev–Trinajstić information content (AvgIpc) is 2.86. The summed E-state index contributed by atoms with van der Waals surface area (Å²) < 4.78 is 25.1. The molecular weight excluding hydrogens is 422 g/mol. The van der Waals surface area contributed by atoms with Crippen molar-refractivity contribution in [2.45, 2.75) is 19.6 Å². The lowest BCUT2D eigenvalue weighted by Gasteiger charge is -2.22. The molecule has 0 aromatic heterocycles. The third-order valence-corrected chi connectivity index (χ3v) is 5.97. The van der Waals surface area contributed by atoms with Crippen molar-refractivity contribution in [3.8, 4) is 0 Å². The van der Waals surface area contributed by atoms with Gasteiger partial charge in [0.25, 0.3) is 11.8 Å². The molecule has 1 aliphatic rings. The monoisotopic (exact) mass is 445 g/mol. The molecule has 2 aromatic rings. The number of fused-ring (bicyclic) bond motifs is 1. The zero-order valence-corrected chi connectivity index (χ0v) is 17.8. The van der Waals surface area contributed by atoms with Crippen molar-refractivity contribution in [3.63, 3.8) is 0 Å². The predicted octanol–water partition coefficient (Wildman–Crippen LogP) is 0.980. The van der Waals surface area contributed by atoms with Crippen molar-refractivity contribution in [1.82, 2.24) is 15.4 Å². The smallest absolute Gasteiger partial charge is 0.314 e. The Labute approximate surface area is 180 Å². The lowest BCUT2D eigenvalue weighted by molar-refractivity contribution is -0.120. The molecule has 1 aliphatic heterocycles. The molecule has 0 aliphatic carbocycles. The molecule has 31 heavy (non-hydrogen) atoms. The van der Waals surface area contributed by atoms with Crippen LogP contribution in [-0.4, -0.2) is 45.2 Å². The summed E-state index contributed by atoms with van der Waals surface area (Å²) in [6.45, 7) is 1.80. The van der Waals surface area contributed by atoms with Gasteiger partial charge in [-0.2, -0.15) is 0 Å². The van der Waals surface area contributed by atoms with Crippen molar-refractivity contribution in [3.05, 3.63) is 59.7 Å². The molecule has 164 valence electrons. The van der Waals surface area contributed by atoms with Gasteiger partial charge >= 0.3 is 6.03 Å².